The maximum absolute atomic E-state index is 12.1. The first-order valence-electron chi connectivity index (χ1n) is 7.03. The number of amides is 1. The van der Waals surface area contributed by atoms with Crippen molar-refractivity contribution < 1.29 is 9.53 Å². The Labute approximate surface area is 139 Å². The fourth-order valence-corrected chi connectivity index (χ4v) is 4.42. The molecule has 21 heavy (non-hydrogen) atoms. The normalized spacial score (nSPS) is 19.6. The molecule has 0 radical (unpaired) electrons. The van der Waals surface area contributed by atoms with E-state index in [2.05, 4.69) is 4.98 Å². The van der Waals surface area contributed by atoms with E-state index in [9.17, 15) is 4.79 Å². The van der Waals surface area contributed by atoms with E-state index >= 15 is 0 Å². The van der Waals surface area contributed by atoms with Gasteiger partial charge in [-0.3, -0.25) is 0 Å². The number of thiazole rings is 1. The highest BCUT2D eigenvalue weighted by molar-refractivity contribution is 7.99. The van der Waals surface area contributed by atoms with Crippen molar-refractivity contribution in [3.05, 3.63) is 15.5 Å². The quantitative estimate of drug-likeness (QED) is 0.810. The number of nitrogens with zero attached hydrogens (tertiary/aromatic N) is 2. The van der Waals surface area contributed by atoms with Gasteiger partial charge < -0.3 is 9.64 Å². The zero-order valence-corrected chi connectivity index (χ0v) is 15.0. The van der Waals surface area contributed by atoms with Crippen LogP contribution in [0.1, 0.15) is 38.5 Å². The second-order valence-electron chi connectivity index (χ2n) is 6.08. The molecule has 0 aromatic carbocycles. The summed E-state index contributed by atoms with van der Waals surface area (Å²) in [5.41, 5.74) is -0.434. The van der Waals surface area contributed by atoms with E-state index in [-0.39, 0.29) is 6.09 Å². The van der Waals surface area contributed by atoms with Crippen LogP contribution in [-0.4, -0.2) is 39.9 Å². The van der Waals surface area contributed by atoms with E-state index in [0.717, 1.165) is 31.7 Å². The molecule has 1 atom stereocenters. The first kappa shape index (κ1) is 16.9. The van der Waals surface area contributed by atoms with E-state index < -0.39 is 5.60 Å². The molecule has 1 amide bonds. The highest BCUT2D eigenvalue weighted by atomic mass is 35.5. The Morgan fingerprint density at radius 3 is 3.00 bits per heavy atom. The lowest BCUT2D eigenvalue weighted by atomic mass is 10.1. The summed E-state index contributed by atoms with van der Waals surface area (Å²) < 4.78 is 6.03. The smallest absolute Gasteiger partial charge is 0.410 e. The number of carbonyl (C=O) groups excluding carboxylic acids is 1. The number of ether oxygens (including phenoxy) is 1. The fraction of sp³-hybridized carbons (Fsp3) is 0.714. The Kier molecular flexibility index (Phi) is 5.80. The number of hydrogen-bond donors (Lipinski definition) is 0. The van der Waals surface area contributed by atoms with Crippen LogP contribution in [0.4, 0.5) is 4.79 Å². The van der Waals surface area contributed by atoms with E-state index in [0.29, 0.717) is 9.72 Å². The molecule has 0 N–H and O–H groups in total. The van der Waals surface area contributed by atoms with Crippen LogP contribution < -0.4 is 0 Å². The van der Waals surface area contributed by atoms with Crippen LogP contribution in [0.15, 0.2) is 6.20 Å². The average molecular weight is 349 g/mol. The Bertz CT molecular complexity index is 488. The predicted octanol–water partition coefficient (Wildman–Crippen LogP) is 4.43. The standard InChI is InChI=1S/C14H21ClN2O2S2/c1-14(2,3)19-13(18)17-6-4-5-10(8-17)20-9-11-7-16-12(15)21-11/h7,10H,4-6,8-9H2,1-3H3. The van der Waals surface area contributed by atoms with Gasteiger partial charge in [-0.25, -0.2) is 9.78 Å². The first-order chi connectivity index (χ1) is 9.83. The molecule has 1 aromatic heterocycles. The summed E-state index contributed by atoms with van der Waals surface area (Å²) >= 11 is 9.22. The number of likely N-dealkylation sites (tertiary alicyclic amines) is 1. The van der Waals surface area contributed by atoms with Crippen LogP contribution in [-0.2, 0) is 10.5 Å². The van der Waals surface area contributed by atoms with Crippen molar-refractivity contribution in [1.29, 1.82) is 0 Å². The molecular weight excluding hydrogens is 328 g/mol. The molecule has 0 bridgehead atoms. The number of rotatable bonds is 3. The van der Waals surface area contributed by atoms with Crippen LogP contribution >= 0.6 is 34.7 Å². The minimum absolute atomic E-state index is 0.200. The summed E-state index contributed by atoms with van der Waals surface area (Å²) in [6.07, 6.45) is 3.79. The molecule has 0 spiro atoms. The molecule has 1 fully saturated rings. The SMILES string of the molecule is CC(C)(C)OC(=O)N1CCCC(SCc2cnc(Cl)s2)C1. The third-order valence-electron chi connectivity index (χ3n) is 3.02. The van der Waals surface area contributed by atoms with Gasteiger partial charge in [0.25, 0.3) is 0 Å². The van der Waals surface area contributed by atoms with Gasteiger partial charge in [-0.15, -0.1) is 11.3 Å². The molecule has 4 nitrogen and oxygen atoms in total. The Morgan fingerprint density at radius 1 is 1.62 bits per heavy atom. The number of thioether (sulfide) groups is 1. The second kappa shape index (κ2) is 7.20. The summed E-state index contributed by atoms with van der Waals surface area (Å²) in [7, 11) is 0. The van der Waals surface area contributed by atoms with E-state index in [1.165, 1.54) is 16.2 Å². The summed E-state index contributed by atoms with van der Waals surface area (Å²) in [5, 5.41) is 0.451. The lowest BCUT2D eigenvalue weighted by Crippen LogP contribution is -2.43. The van der Waals surface area contributed by atoms with Gasteiger partial charge in [0.15, 0.2) is 4.47 Å². The molecule has 1 aliphatic rings. The molecule has 7 heteroatoms. The minimum atomic E-state index is -0.434. The highest BCUT2D eigenvalue weighted by Gasteiger charge is 2.27. The third kappa shape index (κ3) is 5.68. The molecule has 118 valence electrons. The molecule has 2 rings (SSSR count). The fourth-order valence-electron chi connectivity index (χ4n) is 2.12. The van der Waals surface area contributed by atoms with Crippen LogP contribution in [0.2, 0.25) is 4.47 Å². The van der Waals surface area contributed by atoms with E-state index in [4.69, 9.17) is 16.3 Å². The van der Waals surface area contributed by atoms with Gasteiger partial charge in [-0.2, -0.15) is 11.8 Å². The predicted molar refractivity (Wildman–Crippen MR) is 89.2 cm³/mol. The second-order valence-corrected chi connectivity index (χ2v) is 9.07. The summed E-state index contributed by atoms with van der Waals surface area (Å²) in [5.74, 6) is 0.900. The van der Waals surface area contributed by atoms with Gasteiger partial charge in [0.2, 0.25) is 0 Å². The average Bonchev–Trinajstić information content (AvgIpc) is 2.81. The molecule has 0 aliphatic carbocycles. The highest BCUT2D eigenvalue weighted by Crippen LogP contribution is 2.29. The zero-order valence-electron chi connectivity index (χ0n) is 12.6. The number of halogens is 1. The van der Waals surface area contributed by atoms with Crippen molar-refractivity contribution in [2.75, 3.05) is 13.1 Å². The van der Waals surface area contributed by atoms with Gasteiger partial charge in [-0.1, -0.05) is 11.6 Å². The minimum Gasteiger partial charge on any atom is -0.444 e. The monoisotopic (exact) mass is 348 g/mol. The van der Waals surface area contributed by atoms with Crippen LogP contribution in [0.3, 0.4) is 0 Å². The van der Waals surface area contributed by atoms with Crippen molar-refractivity contribution in [3.63, 3.8) is 0 Å². The van der Waals surface area contributed by atoms with Crippen molar-refractivity contribution in [2.24, 2.45) is 0 Å². The maximum Gasteiger partial charge on any atom is 0.410 e. The van der Waals surface area contributed by atoms with Gasteiger partial charge in [0.1, 0.15) is 5.60 Å². The summed E-state index contributed by atoms with van der Waals surface area (Å²) in [6.45, 7) is 7.24. The lowest BCUT2D eigenvalue weighted by molar-refractivity contribution is 0.0220. The molecule has 1 unspecified atom stereocenters. The Balaban J connectivity index is 1.81. The molecule has 2 heterocycles. The Hall–Kier alpha value is -0.460. The van der Waals surface area contributed by atoms with Crippen LogP contribution in [0, 0.1) is 0 Å². The third-order valence-corrected chi connectivity index (χ3v) is 5.65. The number of carbonyl (C=O) groups is 1. The molecule has 1 saturated heterocycles. The van der Waals surface area contributed by atoms with Crippen LogP contribution in [0.25, 0.3) is 0 Å². The number of aromatic nitrogens is 1. The maximum atomic E-state index is 12.1. The van der Waals surface area contributed by atoms with E-state index in [1.54, 1.807) is 0 Å². The van der Waals surface area contributed by atoms with Crippen molar-refractivity contribution in [2.45, 2.75) is 50.2 Å². The molecule has 1 aliphatic heterocycles. The number of hydrogen-bond acceptors (Lipinski definition) is 5. The summed E-state index contributed by atoms with van der Waals surface area (Å²) in [6, 6.07) is 0. The Morgan fingerprint density at radius 2 is 2.38 bits per heavy atom. The van der Waals surface area contributed by atoms with Crippen molar-refractivity contribution in [3.8, 4) is 0 Å². The van der Waals surface area contributed by atoms with Crippen molar-refractivity contribution in [1.82, 2.24) is 9.88 Å². The van der Waals surface area contributed by atoms with Gasteiger partial charge in [-0.05, 0) is 33.6 Å². The largest absolute Gasteiger partial charge is 0.444 e. The zero-order chi connectivity index (χ0) is 15.5. The number of piperidine rings is 1. The lowest BCUT2D eigenvalue weighted by Gasteiger charge is -2.33. The first-order valence-corrected chi connectivity index (χ1v) is 9.27. The summed E-state index contributed by atoms with van der Waals surface area (Å²) in [4.78, 5) is 19.2. The van der Waals surface area contributed by atoms with Crippen LogP contribution in [0.5, 0.6) is 0 Å². The molecule has 1 aromatic rings. The van der Waals surface area contributed by atoms with Gasteiger partial charge in [0.05, 0.1) is 0 Å². The van der Waals surface area contributed by atoms with Gasteiger partial charge in [0, 0.05) is 35.2 Å². The molecule has 0 saturated carbocycles. The molecular formula is C14H21ClN2O2S2. The topological polar surface area (TPSA) is 42.4 Å². The van der Waals surface area contributed by atoms with E-state index in [1.807, 2.05) is 43.6 Å². The van der Waals surface area contributed by atoms with Crippen molar-refractivity contribution >= 4 is 40.8 Å². The van der Waals surface area contributed by atoms with Gasteiger partial charge >= 0.3 is 6.09 Å².